The van der Waals surface area contributed by atoms with E-state index in [0.717, 1.165) is 59.8 Å². The van der Waals surface area contributed by atoms with E-state index in [1.54, 1.807) is 18.5 Å². The van der Waals surface area contributed by atoms with E-state index in [1.165, 1.54) is 28.9 Å². The summed E-state index contributed by atoms with van der Waals surface area (Å²) in [5.74, 6) is 0.691. The van der Waals surface area contributed by atoms with Crippen LogP contribution >= 0.6 is 0 Å². The molecular formula is C30H28FN5. The Morgan fingerprint density at radius 2 is 1.50 bits per heavy atom. The Morgan fingerprint density at radius 1 is 0.778 bits per heavy atom. The minimum Gasteiger partial charge on any atom is -0.368 e. The van der Waals surface area contributed by atoms with Crippen molar-refractivity contribution in [2.45, 2.75) is 13.8 Å². The van der Waals surface area contributed by atoms with Crippen LogP contribution in [0.4, 0.5) is 15.9 Å². The zero-order chi connectivity index (χ0) is 24.6. The SMILES string of the molecule is Cc1ccc(C)c(N2CCN(c3ncnc4c3c(-c3ccccc3)cn4-c3ccc(F)cc3)CC2)c1. The number of rotatable bonds is 4. The molecule has 6 heteroatoms. The second-order valence-corrected chi connectivity index (χ2v) is 9.42. The Bertz CT molecular complexity index is 1520. The van der Waals surface area contributed by atoms with E-state index in [9.17, 15) is 4.39 Å². The summed E-state index contributed by atoms with van der Waals surface area (Å²) in [5.41, 5.74) is 7.77. The topological polar surface area (TPSA) is 37.2 Å². The van der Waals surface area contributed by atoms with Crippen molar-refractivity contribution in [2.75, 3.05) is 36.0 Å². The van der Waals surface area contributed by atoms with Gasteiger partial charge in [-0.15, -0.1) is 0 Å². The quantitative estimate of drug-likeness (QED) is 0.310. The van der Waals surface area contributed by atoms with Crippen molar-refractivity contribution in [2.24, 2.45) is 0 Å². The molecule has 3 aromatic carbocycles. The summed E-state index contributed by atoms with van der Waals surface area (Å²) in [6.45, 7) is 7.92. The number of halogens is 1. The van der Waals surface area contributed by atoms with Crippen molar-refractivity contribution in [3.8, 4) is 16.8 Å². The molecule has 180 valence electrons. The Labute approximate surface area is 210 Å². The third kappa shape index (κ3) is 3.98. The first kappa shape index (κ1) is 22.3. The van der Waals surface area contributed by atoms with Gasteiger partial charge in [0, 0.05) is 49.3 Å². The molecule has 3 heterocycles. The highest BCUT2D eigenvalue weighted by Gasteiger charge is 2.24. The standard InChI is InChI=1S/C30H28FN5/c1-21-8-9-22(2)27(18-21)34-14-16-35(17-15-34)29-28-26(23-6-4-3-5-7-23)19-36(30(28)33-20-32-29)25-12-10-24(31)11-13-25/h3-13,18-20H,14-17H2,1-2H3. The van der Waals surface area contributed by atoms with E-state index < -0.39 is 0 Å². The number of aromatic nitrogens is 3. The Morgan fingerprint density at radius 3 is 2.25 bits per heavy atom. The van der Waals surface area contributed by atoms with Crippen LogP contribution < -0.4 is 9.80 Å². The lowest BCUT2D eigenvalue weighted by atomic mass is 10.1. The van der Waals surface area contributed by atoms with Crippen molar-refractivity contribution < 1.29 is 4.39 Å². The van der Waals surface area contributed by atoms with Gasteiger partial charge in [0.15, 0.2) is 5.65 Å². The van der Waals surface area contributed by atoms with Crippen LogP contribution in [0.15, 0.2) is 85.3 Å². The van der Waals surface area contributed by atoms with Crippen LogP contribution in [0.5, 0.6) is 0 Å². The van der Waals surface area contributed by atoms with E-state index in [-0.39, 0.29) is 5.82 Å². The third-order valence-electron chi connectivity index (χ3n) is 7.04. The van der Waals surface area contributed by atoms with Crippen LogP contribution in [0, 0.1) is 19.7 Å². The number of nitrogens with zero attached hydrogens (tertiary/aromatic N) is 5. The molecule has 0 radical (unpaired) electrons. The first-order valence-electron chi connectivity index (χ1n) is 12.3. The van der Waals surface area contributed by atoms with Gasteiger partial charge in [-0.25, -0.2) is 14.4 Å². The molecular weight excluding hydrogens is 449 g/mol. The lowest BCUT2D eigenvalue weighted by Crippen LogP contribution is -2.47. The molecule has 36 heavy (non-hydrogen) atoms. The molecule has 2 aromatic heterocycles. The fourth-order valence-electron chi connectivity index (χ4n) is 5.14. The summed E-state index contributed by atoms with van der Waals surface area (Å²) in [6.07, 6.45) is 3.74. The Balaban J connectivity index is 1.41. The summed E-state index contributed by atoms with van der Waals surface area (Å²) < 4.78 is 15.7. The van der Waals surface area contributed by atoms with Gasteiger partial charge < -0.3 is 14.4 Å². The molecule has 0 saturated carbocycles. The van der Waals surface area contributed by atoms with Gasteiger partial charge in [0.25, 0.3) is 0 Å². The average Bonchev–Trinajstić information content (AvgIpc) is 3.31. The van der Waals surface area contributed by atoms with Crippen LogP contribution in [-0.4, -0.2) is 40.7 Å². The van der Waals surface area contributed by atoms with Crippen molar-refractivity contribution in [1.82, 2.24) is 14.5 Å². The zero-order valence-electron chi connectivity index (χ0n) is 20.5. The molecule has 5 nitrogen and oxygen atoms in total. The first-order valence-corrected chi connectivity index (χ1v) is 12.3. The van der Waals surface area contributed by atoms with Gasteiger partial charge in [-0.2, -0.15) is 0 Å². The monoisotopic (exact) mass is 477 g/mol. The molecule has 0 unspecified atom stereocenters. The molecule has 6 rings (SSSR count). The normalized spacial score (nSPS) is 14.0. The molecule has 0 N–H and O–H groups in total. The zero-order valence-corrected chi connectivity index (χ0v) is 20.5. The predicted molar refractivity (Wildman–Crippen MR) is 145 cm³/mol. The molecule has 0 atom stereocenters. The number of hydrogen-bond acceptors (Lipinski definition) is 4. The van der Waals surface area contributed by atoms with E-state index in [4.69, 9.17) is 4.98 Å². The molecule has 1 saturated heterocycles. The summed E-state index contributed by atoms with van der Waals surface area (Å²) in [4.78, 5) is 14.3. The second-order valence-electron chi connectivity index (χ2n) is 9.42. The fraction of sp³-hybridized carbons (Fsp3) is 0.200. The minimum absolute atomic E-state index is 0.254. The Kier molecular flexibility index (Phi) is 5.64. The van der Waals surface area contributed by atoms with Crippen molar-refractivity contribution >= 4 is 22.5 Å². The van der Waals surface area contributed by atoms with E-state index in [1.807, 2.05) is 22.8 Å². The number of piperazine rings is 1. The van der Waals surface area contributed by atoms with Gasteiger partial charge in [-0.3, -0.25) is 0 Å². The van der Waals surface area contributed by atoms with Crippen LogP contribution in [0.3, 0.4) is 0 Å². The summed E-state index contributed by atoms with van der Waals surface area (Å²) in [6, 6.07) is 23.5. The molecule has 0 aliphatic carbocycles. The van der Waals surface area contributed by atoms with Crippen LogP contribution in [0.1, 0.15) is 11.1 Å². The van der Waals surface area contributed by atoms with Gasteiger partial charge >= 0.3 is 0 Å². The minimum atomic E-state index is -0.254. The number of benzene rings is 3. The van der Waals surface area contributed by atoms with Crippen LogP contribution in [0.2, 0.25) is 0 Å². The maximum Gasteiger partial charge on any atom is 0.150 e. The maximum atomic E-state index is 13.6. The van der Waals surface area contributed by atoms with Crippen molar-refractivity contribution in [1.29, 1.82) is 0 Å². The van der Waals surface area contributed by atoms with Gasteiger partial charge in [0.05, 0.1) is 5.39 Å². The molecule has 0 spiro atoms. The second kappa shape index (κ2) is 9.11. The fourth-order valence-corrected chi connectivity index (χ4v) is 5.14. The Hall–Kier alpha value is -4.19. The molecule has 5 aromatic rings. The molecule has 1 aliphatic rings. The number of hydrogen-bond donors (Lipinski definition) is 0. The van der Waals surface area contributed by atoms with E-state index >= 15 is 0 Å². The van der Waals surface area contributed by atoms with Gasteiger partial charge in [-0.1, -0.05) is 42.5 Å². The maximum absolute atomic E-state index is 13.6. The van der Waals surface area contributed by atoms with Crippen molar-refractivity contribution in [3.63, 3.8) is 0 Å². The average molecular weight is 478 g/mol. The molecule has 0 bridgehead atoms. The lowest BCUT2D eigenvalue weighted by molar-refractivity contribution is 0.627. The molecule has 1 aliphatic heterocycles. The van der Waals surface area contributed by atoms with Gasteiger partial charge in [0.2, 0.25) is 0 Å². The predicted octanol–water partition coefficient (Wildman–Crippen LogP) is 6.17. The summed E-state index contributed by atoms with van der Waals surface area (Å²) >= 11 is 0. The van der Waals surface area contributed by atoms with E-state index in [2.05, 4.69) is 65.2 Å². The smallest absolute Gasteiger partial charge is 0.150 e. The van der Waals surface area contributed by atoms with Crippen LogP contribution in [-0.2, 0) is 0 Å². The number of aryl methyl sites for hydroxylation is 2. The van der Waals surface area contributed by atoms with Gasteiger partial charge in [0.1, 0.15) is 18.0 Å². The molecule has 0 amide bonds. The van der Waals surface area contributed by atoms with Crippen molar-refractivity contribution in [3.05, 3.63) is 102 Å². The number of fused-ring (bicyclic) bond motifs is 1. The highest BCUT2D eigenvalue weighted by Crippen LogP contribution is 2.37. The number of anilines is 2. The van der Waals surface area contributed by atoms with Gasteiger partial charge in [-0.05, 0) is 60.9 Å². The highest BCUT2D eigenvalue weighted by molar-refractivity contribution is 6.02. The van der Waals surface area contributed by atoms with E-state index in [0.29, 0.717) is 0 Å². The summed E-state index contributed by atoms with van der Waals surface area (Å²) in [7, 11) is 0. The largest absolute Gasteiger partial charge is 0.368 e. The third-order valence-corrected chi connectivity index (χ3v) is 7.04. The first-order chi connectivity index (χ1) is 17.6. The molecule has 1 fully saturated rings. The lowest BCUT2D eigenvalue weighted by Gasteiger charge is -2.37. The highest BCUT2D eigenvalue weighted by atomic mass is 19.1. The summed E-state index contributed by atoms with van der Waals surface area (Å²) in [5, 5.41) is 1.02. The van der Waals surface area contributed by atoms with Crippen LogP contribution in [0.25, 0.3) is 27.8 Å².